The third kappa shape index (κ3) is 1.09. The van der Waals surface area contributed by atoms with Crippen molar-refractivity contribution in [2.45, 2.75) is 34.6 Å². The average Bonchev–Trinajstić information content (AvgIpc) is 2.08. The molecule has 0 aliphatic heterocycles. The Hall–Kier alpha value is -0.980. The van der Waals surface area contributed by atoms with Gasteiger partial charge in [0.2, 0.25) is 0 Å². The monoisotopic (exact) mass is 162 g/mol. The summed E-state index contributed by atoms with van der Waals surface area (Å²) in [4.78, 5) is 0. The van der Waals surface area contributed by atoms with Gasteiger partial charge in [0.1, 0.15) is 0 Å². The highest BCUT2D eigenvalue weighted by Crippen LogP contribution is 2.31. The van der Waals surface area contributed by atoms with Crippen LogP contribution in [-0.2, 0) is 0 Å². The number of rotatable bonds is 0. The molecule has 0 radical (unpaired) electrons. The summed E-state index contributed by atoms with van der Waals surface area (Å²) in [6.45, 7) is 10.4. The van der Waals surface area contributed by atoms with Gasteiger partial charge in [-0.05, 0) is 51.3 Å². The summed E-state index contributed by atoms with van der Waals surface area (Å²) in [5.74, 6) is 0. The molecule has 1 N–H and O–H groups in total. The summed E-state index contributed by atoms with van der Waals surface area (Å²) in [6, 6.07) is 0. The predicted octanol–water partition coefficient (Wildman–Crippen LogP) is 3.91. The highest BCUT2D eigenvalue weighted by molar-refractivity contribution is 5.64. The van der Waals surface area contributed by atoms with E-state index in [0.29, 0.717) is 5.69 Å². The van der Waals surface area contributed by atoms with Crippen molar-refractivity contribution in [1.29, 1.82) is 0 Å². The number of hydrogen-bond acceptors (Lipinski definition) is 0. The van der Waals surface area contributed by atoms with Gasteiger partial charge in [-0.2, -0.15) is 0 Å². The summed E-state index contributed by atoms with van der Waals surface area (Å²) in [6.07, 6.45) is 0. The summed E-state index contributed by atoms with van der Waals surface area (Å²) >= 11 is 0. The van der Waals surface area contributed by atoms with Crippen LogP contribution in [0.1, 0.15) is 27.8 Å². The zero-order chi connectivity index (χ0) is 9.46. The first-order valence-electron chi connectivity index (χ1n) is 4.25. The standard InChI is InChI=1S/C11H16N/c1-6-7(2)9(4)11(12)10(5)8(6)3/h12H,1-5H3/q-1. The molecule has 0 aromatic heterocycles. The molecular formula is C11H16N-. The van der Waals surface area contributed by atoms with Crippen molar-refractivity contribution in [1.82, 2.24) is 0 Å². The van der Waals surface area contributed by atoms with Crippen molar-refractivity contribution in [2.24, 2.45) is 0 Å². The minimum absolute atomic E-state index is 0.704. The zero-order valence-corrected chi connectivity index (χ0v) is 8.50. The molecule has 1 aromatic rings. The highest BCUT2D eigenvalue weighted by atomic mass is 14.6. The topological polar surface area (TPSA) is 23.8 Å². The van der Waals surface area contributed by atoms with Crippen molar-refractivity contribution in [3.63, 3.8) is 0 Å². The Bertz CT molecular complexity index is 219. The lowest BCUT2D eigenvalue weighted by Crippen LogP contribution is -1.94. The van der Waals surface area contributed by atoms with Gasteiger partial charge in [-0.3, -0.25) is 0 Å². The normalized spacial score (nSPS) is 10.4. The Labute approximate surface area is 74.6 Å². The first-order chi connectivity index (χ1) is 5.46. The first-order valence-corrected chi connectivity index (χ1v) is 4.25. The van der Waals surface area contributed by atoms with Gasteiger partial charge in [0.25, 0.3) is 0 Å². The summed E-state index contributed by atoms with van der Waals surface area (Å²) < 4.78 is 0. The van der Waals surface area contributed by atoms with Crippen LogP contribution >= 0.6 is 0 Å². The molecule has 1 heteroatoms. The van der Waals surface area contributed by atoms with Gasteiger partial charge in [0.05, 0.1) is 0 Å². The van der Waals surface area contributed by atoms with Gasteiger partial charge in [-0.15, -0.1) is 5.69 Å². The fraction of sp³-hybridized carbons (Fsp3) is 0.455. The van der Waals surface area contributed by atoms with Gasteiger partial charge in [0, 0.05) is 0 Å². The second-order valence-corrected chi connectivity index (χ2v) is 3.50. The van der Waals surface area contributed by atoms with E-state index in [2.05, 4.69) is 20.8 Å². The Morgan fingerprint density at radius 1 is 0.583 bits per heavy atom. The Morgan fingerprint density at radius 3 is 1.17 bits per heavy atom. The Morgan fingerprint density at radius 2 is 0.833 bits per heavy atom. The van der Waals surface area contributed by atoms with Crippen LogP contribution in [0.25, 0.3) is 5.73 Å². The largest absolute Gasteiger partial charge is 0.698 e. The predicted molar refractivity (Wildman–Crippen MR) is 54.1 cm³/mol. The quantitative estimate of drug-likeness (QED) is 0.552. The van der Waals surface area contributed by atoms with E-state index in [9.17, 15) is 0 Å². The van der Waals surface area contributed by atoms with Crippen LogP contribution in [0.4, 0.5) is 5.69 Å². The minimum atomic E-state index is 0.704. The third-order valence-corrected chi connectivity index (χ3v) is 3.00. The highest BCUT2D eigenvalue weighted by Gasteiger charge is 2.04. The van der Waals surface area contributed by atoms with Crippen LogP contribution in [0.15, 0.2) is 0 Å². The van der Waals surface area contributed by atoms with Gasteiger partial charge in [-0.1, -0.05) is 11.1 Å². The van der Waals surface area contributed by atoms with E-state index in [-0.39, 0.29) is 0 Å². The summed E-state index contributed by atoms with van der Waals surface area (Å²) in [5.41, 5.74) is 14.6. The van der Waals surface area contributed by atoms with Crippen LogP contribution in [0.2, 0.25) is 0 Å². The summed E-state index contributed by atoms with van der Waals surface area (Å²) in [7, 11) is 0. The van der Waals surface area contributed by atoms with E-state index in [1.54, 1.807) is 0 Å². The van der Waals surface area contributed by atoms with E-state index in [4.69, 9.17) is 5.73 Å². The molecule has 0 unspecified atom stereocenters. The van der Waals surface area contributed by atoms with Gasteiger partial charge in [-0.25, -0.2) is 0 Å². The number of hydrogen-bond donors (Lipinski definition) is 0. The SMILES string of the molecule is Cc1c(C)c(C)c([NH-])c(C)c1C. The van der Waals surface area contributed by atoms with E-state index in [1.807, 2.05) is 13.8 Å². The Balaban J connectivity index is 3.60. The summed E-state index contributed by atoms with van der Waals surface area (Å²) in [5, 5.41) is 0. The second-order valence-electron chi connectivity index (χ2n) is 3.50. The minimum Gasteiger partial charge on any atom is -0.698 e. The van der Waals surface area contributed by atoms with Crippen LogP contribution in [0.5, 0.6) is 0 Å². The molecule has 1 rings (SSSR count). The fourth-order valence-corrected chi connectivity index (χ4v) is 1.50. The molecule has 1 nitrogen and oxygen atoms in total. The molecule has 0 spiro atoms. The van der Waals surface area contributed by atoms with Crippen molar-refractivity contribution in [3.05, 3.63) is 33.6 Å². The maximum Gasteiger partial charge on any atom is -0.0392 e. The molecule has 1 aromatic carbocycles. The lowest BCUT2D eigenvalue weighted by Gasteiger charge is -2.20. The molecule has 12 heavy (non-hydrogen) atoms. The van der Waals surface area contributed by atoms with Gasteiger partial charge < -0.3 is 5.73 Å². The van der Waals surface area contributed by atoms with E-state index >= 15 is 0 Å². The maximum absolute atomic E-state index is 7.82. The fourth-order valence-electron chi connectivity index (χ4n) is 1.50. The Kier molecular flexibility index (Phi) is 2.14. The van der Waals surface area contributed by atoms with Crippen LogP contribution < -0.4 is 0 Å². The third-order valence-electron chi connectivity index (χ3n) is 3.00. The van der Waals surface area contributed by atoms with Crippen LogP contribution in [0.3, 0.4) is 0 Å². The first kappa shape index (κ1) is 9.11. The molecule has 0 heterocycles. The lowest BCUT2D eigenvalue weighted by atomic mass is 9.93. The number of benzene rings is 1. The molecule has 0 atom stereocenters. The zero-order valence-electron chi connectivity index (χ0n) is 8.50. The van der Waals surface area contributed by atoms with Gasteiger partial charge in [0.15, 0.2) is 0 Å². The van der Waals surface area contributed by atoms with E-state index < -0.39 is 0 Å². The van der Waals surface area contributed by atoms with Crippen LogP contribution in [0, 0.1) is 34.6 Å². The number of nitrogens with one attached hydrogen (secondary N) is 1. The van der Waals surface area contributed by atoms with Crippen molar-refractivity contribution < 1.29 is 0 Å². The second kappa shape index (κ2) is 2.81. The maximum atomic E-state index is 7.82. The van der Waals surface area contributed by atoms with Gasteiger partial charge >= 0.3 is 0 Å². The molecular weight excluding hydrogens is 146 g/mol. The average molecular weight is 162 g/mol. The molecule has 0 fully saturated rings. The van der Waals surface area contributed by atoms with E-state index in [0.717, 1.165) is 11.1 Å². The van der Waals surface area contributed by atoms with Crippen LogP contribution in [-0.4, -0.2) is 0 Å². The molecule has 66 valence electrons. The van der Waals surface area contributed by atoms with E-state index in [1.165, 1.54) is 16.7 Å². The molecule has 0 saturated heterocycles. The molecule has 0 saturated carbocycles. The smallest absolute Gasteiger partial charge is 0.0392 e. The van der Waals surface area contributed by atoms with Crippen molar-refractivity contribution in [2.75, 3.05) is 0 Å². The molecule has 0 aliphatic carbocycles. The molecule has 0 aliphatic rings. The molecule has 0 amide bonds. The van der Waals surface area contributed by atoms with Crippen molar-refractivity contribution in [3.8, 4) is 0 Å². The van der Waals surface area contributed by atoms with Crippen molar-refractivity contribution >= 4 is 5.69 Å². The molecule has 0 bridgehead atoms. The lowest BCUT2D eigenvalue weighted by molar-refractivity contribution is 1.19.